The lowest BCUT2D eigenvalue weighted by Crippen LogP contribution is -2.09. The minimum absolute atomic E-state index is 0.378. The molecule has 0 spiro atoms. The molecule has 1 heterocycles. The summed E-state index contributed by atoms with van der Waals surface area (Å²) in [6, 6.07) is 3.57. The van der Waals surface area contributed by atoms with E-state index in [1.54, 1.807) is 19.2 Å². The van der Waals surface area contributed by atoms with Gasteiger partial charge in [0.2, 0.25) is 0 Å². The Morgan fingerprint density at radius 3 is 2.45 bits per heavy atom. The molecule has 0 saturated carbocycles. The normalized spacial score (nSPS) is 10.9. The Morgan fingerprint density at radius 1 is 1.00 bits per heavy atom. The van der Waals surface area contributed by atoms with E-state index in [1.807, 2.05) is 6.92 Å². The van der Waals surface area contributed by atoms with Crippen molar-refractivity contribution >= 4 is 22.5 Å². The first-order chi connectivity index (χ1) is 10.8. The second kappa shape index (κ2) is 8.73. The highest BCUT2D eigenvalue weighted by Crippen LogP contribution is 2.34. The van der Waals surface area contributed by atoms with Crippen LogP contribution in [0.15, 0.2) is 18.5 Å². The van der Waals surface area contributed by atoms with Crippen LogP contribution in [0.5, 0.6) is 11.5 Å². The van der Waals surface area contributed by atoms with Crippen LogP contribution in [0.4, 0.5) is 0 Å². The van der Waals surface area contributed by atoms with E-state index in [0.29, 0.717) is 55.2 Å². The zero-order valence-corrected chi connectivity index (χ0v) is 13.4. The van der Waals surface area contributed by atoms with Gasteiger partial charge >= 0.3 is 0 Å². The minimum Gasteiger partial charge on any atom is -0.487 e. The predicted molar refractivity (Wildman–Crippen MR) is 83.9 cm³/mol. The molecule has 2 aromatic rings. The molecule has 0 saturated heterocycles. The number of hydrogen-bond acceptors (Lipinski definition) is 6. The lowest BCUT2D eigenvalue weighted by Gasteiger charge is -2.14. The zero-order valence-electron chi connectivity index (χ0n) is 12.7. The van der Waals surface area contributed by atoms with Gasteiger partial charge in [0, 0.05) is 25.2 Å². The first-order valence-corrected chi connectivity index (χ1v) is 7.40. The van der Waals surface area contributed by atoms with Crippen LogP contribution >= 0.6 is 11.6 Å². The van der Waals surface area contributed by atoms with E-state index < -0.39 is 0 Å². The van der Waals surface area contributed by atoms with Gasteiger partial charge in [-0.1, -0.05) is 11.6 Å². The van der Waals surface area contributed by atoms with Gasteiger partial charge in [-0.15, -0.1) is 0 Å². The summed E-state index contributed by atoms with van der Waals surface area (Å²) >= 11 is 6.10. The van der Waals surface area contributed by atoms with Crippen molar-refractivity contribution < 1.29 is 18.9 Å². The molecule has 0 aliphatic rings. The number of nitrogens with zero attached hydrogens (tertiary/aromatic N) is 2. The van der Waals surface area contributed by atoms with E-state index >= 15 is 0 Å². The third kappa shape index (κ3) is 4.43. The van der Waals surface area contributed by atoms with Crippen LogP contribution in [0.1, 0.15) is 6.92 Å². The summed E-state index contributed by atoms with van der Waals surface area (Å²) < 4.78 is 21.7. The van der Waals surface area contributed by atoms with Crippen molar-refractivity contribution in [3.8, 4) is 11.5 Å². The van der Waals surface area contributed by atoms with Gasteiger partial charge in [-0.3, -0.25) is 0 Å². The maximum atomic E-state index is 6.10. The van der Waals surface area contributed by atoms with Gasteiger partial charge in [0.25, 0.3) is 0 Å². The summed E-state index contributed by atoms with van der Waals surface area (Å²) in [5.74, 6) is 1.18. The van der Waals surface area contributed by atoms with E-state index in [2.05, 4.69) is 9.97 Å². The first kappa shape index (κ1) is 16.7. The van der Waals surface area contributed by atoms with Gasteiger partial charge in [0.05, 0.1) is 18.7 Å². The largest absolute Gasteiger partial charge is 0.487 e. The highest BCUT2D eigenvalue weighted by molar-refractivity contribution is 6.34. The van der Waals surface area contributed by atoms with Gasteiger partial charge in [0.1, 0.15) is 24.7 Å². The highest BCUT2D eigenvalue weighted by atomic mass is 35.5. The number of benzene rings is 1. The van der Waals surface area contributed by atoms with E-state index in [0.717, 1.165) is 5.39 Å². The molecular weight excluding hydrogens is 308 g/mol. The number of ether oxygens (including phenoxy) is 4. The molecule has 2 rings (SSSR count). The summed E-state index contributed by atoms with van der Waals surface area (Å²) in [6.07, 6.45) is 1.42. The zero-order chi connectivity index (χ0) is 15.8. The van der Waals surface area contributed by atoms with Crippen molar-refractivity contribution in [3.63, 3.8) is 0 Å². The van der Waals surface area contributed by atoms with Crippen LogP contribution in [0.3, 0.4) is 0 Å². The SMILES string of the molecule is CCOCCOc1cc2c(Cl)ncnc2cc1OCCOC. The van der Waals surface area contributed by atoms with Crippen LogP contribution in [0.2, 0.25) is 5.15 Å². The predicted octanol–water partition coefficient (Wildman–Crippen LogP) is 2.72. The van der Waals surface area contributed by atoms with E-state index in [4.69, 9.17) is 30.5 Å². The average molecular weight is 327 g/mol. The fourth-order valence-electron chi connectivity index (χ4n) is 1.85. The maximum absolute atomic E-state index is 6.10. The number of halogens is 1. The van der Waals surface area contributed by atoms with Crippen molar-refractivity contribution in [2.75, 3.05) is 40.1 Å². The monoisotopic (exact) mass is 326 g/mol. The van der Waals surface area contributed by atoms with Crippen LogP contribution in [-0.2, 0) is 9.47 Å². The first-order valence-electron chi connectivity index (χ1n) is 7.02. The lowest BCUT2D eigenvalue weighted by molar-refractivity contribution is 0.106. The van der Waals surface area contributed by atoms with Crippen molar-refractivity contribution in [3.05, 3.63) is 23.6 Å². The topological polar surface area (TPSA) is 62.7 Å². The van der Waals surface area contributed by atoms with Gasteiger partial charge in [-0.25, -0.2) is 9.97 Å². The molecule has 0 atom stereocenters. The van der Waals surface area contributed by atoms with Crippen LogP contribution < -0.4 is 9.47 Å². The Kier molecular flexibility index (Phi) is 6.64. The van der Waals surface area contributed by atoms with Crippen molar-refractivity contribution in [1.29, 1.82) is 0 Å². The van der Waals surface area contributed by atoms with Crippen molar-refractivity contribution in [1.82, 2.24) is 9.97 Å². The van der Waals surface area contributed by atoms with Crippen molar-refractivity contribution in [2.45, 2.75) is 6.92 Å². The standard InChI is InChI=1S/C15H19ClN2O4/c1-3-20-5-7-22-13-8-11-12(17-10-18-15(11)16)9-14(13)21-6-4-19-2/h8-10H,3-7H2,1-2H3. The molecule has 0 aliphatic carbocycles. The fourth-order valence-corrected chi connectivity index (χ4v) is 2.04. The van der Waals surface area contributed by atoms with Crippen molar-refractivity contribution in [2.24, 2.45) is 0 Å². The van der Waals surface area contributed by atoms with Gasteiger partial charge in [0.15, 0.2) is 11.5 Å². The molecule has 0 unspecified atom stereocenters. The molecule has 0 fully saturated rings. The maximum Gasteiger partial charge on any atom is 0.163 e. The average Bonchev–Trinajstić information content (AvgIpc) is 2.52. The highest BCUT2D eigenvalue weighted by Gasteiger charge is 2.11. The smallest absolute Gasteiger partial charge is 0.163 e. The summed E-state index contributed by atoms with van der Waals surface area (Å²) in [5, 5.41) is 1.10. The minimum atomic E-state index is 0.378. The number of aromatic nitrogens is 2. The second-order valence-electron chi connectivity index (χ2n) is 4.37. The van der Waals surface area contributed by atoms with E-state index in [1.165, 1.54) is 6.33 Å². The molecule has 0 bridgehead atoms. The molecule has 0 amide bonds. The number of hydrogen-bond donors (Lipinski definition) is 0. The molecule has 1 aromatic carbocycles. The lowest BCUT2D eigenvalue weighted by atomic mass is 10.2. The van der Waals surface area contributed by atoms with Crippen LogP contribution in [0, 0.1) is 0 Å². The molecular formula is C15H19ClN2O4. The number of rotatable bonds is 9. The van der Waals surface area contributed by atoms with Gasteiger partial charge in [-0.2, -0.15) is 0 Å². The summed E-state index contributed by atoms with van der Waals surface area (Å²) in [6.45, 7) is 4.42. The summed E-state index contributed by atoms with van der Waals surface area (Å²) in [5.41, 5.74) is 0.699. The second-order valence-corrected chi connectivity index (χ2v) is 4.73. The summed E-state index contributed by atoms with van der Waals surface area (Å²) in [7, 11) is 1.62. The van der Waals surface area contributed by atoms with Gasteiger partial charge in [-0.05, 0) is 13.0 Å². The Morgan fingerprint density at radius 2 is 1.73 bits per heavy atom. The van der Waals surface area contributed by atoms with Gasteiger partial charge < -0.3 is 18.9 Å². The van der Waals surface area contributed by atoms with Crippen LogP contribution in [0.25, 0.3) is 10.9 Å². The fraction of sp³-hybridized carbons (Fsp3) is 0.467. The Hall–Kier alpha value is -1.63. The molecule has 22 heavy (non-hydrogen) atoms. The molecule has 0 radical (unpaired) electrons. The Bertz CT molecular complexity index is 609. The molecule has 120 valence electrons. The van der Waals surface area contributed by atoms with Crippen LogP contribution in [-0.4, -0.2) is 50.1 Å². The molecule has 1 aromatic heterocycles. The summed E-state index contributed by atoms with van der Waals surface area (Å²) in [4.78, 5) is 8.17. The Labute approximate surface area is 134 Å². The number of fused-ring (bicyclic) bond motifs is 1. The van der Waals surface area contributed by atoms with E-state index in [-0.39, 0.29) is 0 Å². The third-order valence-corrected chi connectivity index (χ3v) is 3.19. The molecule has 0 aliphatic heterocycles. The third-order valence-electron chi connectivity index (χ3n) is 2.89. The Balaban J connectivity index is 2.23. The quantitative estimate of drug-likeness (QED) is 0.521. The number of methoxy groups -OCH3 is 1. The molecule has 7 heteroatoms. The molecule has 0 N–H and O–H groups in total. The van der Waals surface area contributed by atoms with E-state index in [9.17, 15) is 0 Å². The molecule has 6 nitrogen and oxygen atoms in total.